The summed E-state index contributed by atoms with van der Waals surface area (Å²) in [6.45, 7) is 17.6. The number of likely N-dealkylation sites (tertiary alicyclic amines) is 1. The molecule has 7 heteroatoms. The van der Waals surface area contributed by atoms with Crippen LogP contribution in [0.2, 0.25) is 0 Å². The van der Waals surface area contributed by atoms with Crippen LogP contribution in [-0.4, -0.2) is 52.0 Å². The van der Waals surface area contributed by atoms with E-state index < -0.39 is 5.60 Å². The highest BCUT2D eigenvalue weighted by Gasteiger charge is 2.28. The number of amides is 1. The van der Waals surface area contributed by atoms with Crippen LogP contribution in [-0.2, 0) is 15.0 Å². The van der Waals surface area contributed by atoms with Crippen molar-refractivity contribution in [3.05, 3.63) is 17.5 Å². The van der Waals surface area contributed by atoms with Gasteiger partial charge >= 0.3 is 12.1 Å². The number of rotatable bonds is 4. The Morgan fingerprint density at radius 1 is 1.14 bits per heavy atom. The monoisotopic (exact) mass is 407 g/mol. The Labute approximate surface area is 174 Å². The summed E-state index contributed by atoms with van der Waals surface area (Å²) < 4.78 is 12.9. The number of ether oxygens (including phenoxy) is 2. The summed E-state index contributed by atoms with van der Waals surface area (Å²) in [4.78, 5) is 26.4. The standard InChI is InChI=1S/C22H37N3O4/c1-15(2)18-13-17(23-25(18)21(3,4)5)19(26)28-14-16-9-11-24(12-10-16)20(27)29-22(6,7)8/h13,15-16H,9-12,14H2,1-8H3. The molecule has 0 radical (unpaired) electrons. The van der Waals surface area contributed by atoms with E-state index >= 15 is 0 Å². The molecule has 1 saturated heterocycles. The Balaban J connectivity index is 1.89. The summed E-state index contributed by atoms with van der Waals surface area (Å²) in [5, 5.41) is 4.51. The summed E-state index contributed by atoms with van der Waals surface area (Å²) in [5.74, 6) is 0.122. The van der Waals surface area contributed by atoms with Crippen LogP contribution in [0, 0.1) is 5.92 Å². The second kappa shape index (κ2) is 8.76. The molecule has 0 unspecified atom stereocenters. The van der Waals surface area contributed by atoms with E-state index in [2.05, 4.69) is 39.7 Å². The van der Waals surface area contributed by atoms with Crippen LogP contribution < -0.4 is 0 Å². The van der Waals surface area contributed by atoms with Gasteiger partial charge in [0.05, 0.1) is 12.1 Å². The first kappa shape index (κ1) is 23.2. The van der Waals surface area contributed by atoms with Crippen LogP contribution in [0.25, 0.3) is 0 Å². The number of nitrogens with zero attached hydrogens (tertiary/aromatic N) is 3. The van der Waals surface area contributed by atoms with Gasteiger partial charge in [0.1, 0.15) is 5.60 Å². The van der Waals surface area contributed by atoms with Gasteiger partial charge in [0, 0.05) is 18.8 Å². The molecule has 0 aliphatic carbocycles. The minimum atomic E-state index is -0.491. The van der Waals surface area contributed by atoms with E-state index in [9.17, 15) is 9.59 Å². The third kappa shape index (κ3) is 6.47. The predicted octanol–water partition coefficient (Wildman–Crippen LogP) is 4.57. The maximum absolute atomic E-state index is 12.5. The van der Waals surface area contributed by atoms with Crippen LogP contribution in [0.4, 0.5) is 4.79 Å². The zero-order valence-electron chi connectivity index (χ0n) is 19.2. The van der Waals surface area contributed by atoms with Gasteiger partial charge < -0.3 is 14.4 Å². The summed E-state index contributed by atoms with van der Waals surface area (Å²) in [6, 6.07) is 1.84. The molecule has 0 saturated carbocycles. The van der Waals surface area contributed by atoms with Crippen molar-refractivity contribution < 1.29 is 19.1 Å². The Bertz CT molecular complexity index is 717. The number of piperidine rings is 1. The van der Waals surface area contributed by atoms with Gasteiger partial charge in [-0.2, -0.15) is 5.10 Å². The van der Waals surface area contributed by atoms with Crippen LogP contribution in [0.1, 0.15) is 90.3 Å². The molecule has 0 N–H and O–H groups in total. The average molecular weight is 408 g/mol. The number of carbonyl (C=O) groups is 2. The lowest BCUT2D eigenvalue weighted by atomic mass is 9.98. The van der Waals surface area contributed by atoms with Gasteiger partial charge in [-0.25, -0.2) is 9.59 Å². The Morgan fingerprint density at radius 3 is 2.17 bits per heavy atom. The highest BCUT2D eigenvalue weighted by Crippen LogP contribution is 2.24. The van der Waals surface area contributed by atoms with E-state index in [4.69, 9.17) is 9.47 Å². The summed E-state index contributed by atoms with van der Waals surface area (Å²) in [5.41, 5.74) is 0.687. The number of hydrogen-bond donors (Lipinski definition) is 0. The minimum Gasteiger partial charge on any atom is -0.461 e. The van der Waals surface area contributed by atoms with Gasteiger partial charge in [-0.15, -0.1) is 0 Å². The Kier molecular flexibility index (Phi) is 7.01. The quantitative estimate of drug-likeness (QED) is 0.684. The molecule has 1 fully saturated rings. The van der Waals surface area contributed by atoms with E-state index in [1.807, 2.05) is 31.5 Å². The van der Waals surface area contributed by atoms with Crippen molar-refractivity contribution >= 4 is 12.1 Å². The topological polar surface area (TPSA) is 73.7 Å². The molecule has 164 valence electrons. The van der Waals surface area contributed by atoms with Crippen molar-refractivity contribution in [1.29, 1.82) is 0 Å². The Morgan fingerprint density at radius 2 is 1.72 bits per heavy atom. The number of esters is 1. The van der Waals surface area contributed by atoms with Gasteiger partial charge in [-0.05, 0) is 72.3 Å². The SMILES string of the molecule is CC(C)c1cc(C(=O)OCC2CCN(C(=O)OC(C)(C)C)CC2)nn1C(C)(C)C. The smallest absolute Gasteiger partial charge is 0.410 e. The van der Waals surface area contributed by atoms with Crippen molar-refractivity contribution in [1.82, 2.24) is 14.7 Å². The lowest BCUT2D eigenvalue weighted by Gasteiger charge is -2.33. The number of hydrogen-bond acceptors (Lipinski definition) is 5. The zero-order valence-corrected chi connectivity index (χ0v) is 19.2. The van der Waals surface area contributed by atoms with Gasteiger partial charge in [-0.1, -0.05) is 13.8 Å². The van der Waals surface area contributed by atoms with Gasteiger partial charge in [-0.3, -0.25) is 4.68 Å². The van der Waals surface area contributed by atoms with Crippen LogP contribution >= 0.6 is 0 Å². The first-order valence-corrected chi connectivity index (χ1v) is 10.5. The largest absolute Gasteiger partial charge is 0.461 e. The molecule has 1 aliphatic rings. The fourth-order valence-corrected chi connectivity index (χ4v) is 3.32. The molecule has 29 heavy (non-hydrogen) atoms. The molecule has 0 aromatic carbocycles. The van der Waals surface area contributed by atoms with E-state index in [0.29, 0.717) is 25.4 Å². The van der Waals surface area contributed by atoms with Crippen molar-refractivity contribution in [2.45, 2.75) is 85.3 Å². The van der Waals surface area contributed by atoms with Gasteiger partial charge in [0.2, 0.25) is 0 Å². The number of carbonyl (C=O) groups excluding carboxylic acids is 2. The molecule has 1 aromatic rings. The highest BCUT2D eigenvalue weighted by atomic mass is 16.6. The van der Waals surface area contributed by atoms with Crippen molar-refractivity contribution in [3.63, 3.8) is 0 Å². The fraction of sp³-hybridized carbons (Fsp3) is 0.773. The first-order chi connectivity index (χ1) is 13.3. The first-order valence-electron chi connectivity index (χ1n) is 10.5. The van der Waals surface area contributed by atoms with Gasteiger partial charge in [0.15, 0.2) is 5.69 Å². The summed E-state index contributed by atoms with van der Waals surface area (Å²) >= 11 is 0. The van der Waals surface area contributed by atoms with E-state index in [1.165, 1.54) is 0 Å². The minimum absolute atomic E-state index is 0.202. The second-order valence-corrected chi connectivity index (χ2v) is 10.2. The van der Waals surface area contributed by atoms with E-state index in [-0.39, 0.29) is 29.4 Å². The summed E-state index contributed by atoms with van der Waals surface area (Å²) in [6.07, 6.45) is 1.31. The van der Waals surface area contributed by atoms with Gasteiger partial charge in [0.25, 0.3) is 0 Å². The molecule has 0 atom stereocenters. The lowest BCUT2D eigenvalue weighted by Crippen LogP contribution is -2.42. The molecular weight excluding hydrogens is 370 g/mol. The van der Waals surface area contributed by atoms with Crippen LogP contribution in [0.15, 0.2) is 6.07 Å². The van der Waals surface area contributed by atoms with Crippen LogP contribution in [0.5, 0.6) is 0 Å². The molecule has 7 nitrogen and oxygen atoms in total. The molecule has 1 aromatic heterocycles. The molecule has 2 heterocycles. The van der Waals surface area contributed by atoms with E-state index in [0.717, 1.165) is 18.5 Å². The molecule has 0 bridgehead atoms. The van der Waals surface area contributed by atoms with Crippen molar-refractivity contribution in [3.8, 4) is 0 Å². The molecule has 1 amide bonds. The normalized spacial score (nSPS) is 16.2. The van der Waals surface area contributed by atoms with Crippen molar-refractivity contribution in [2.24, 2.45) is 5.92 Å². The average Bonchev–Trinajstić information content (AvgIpc) is 3.05. The lowest BCUT2D eigenvalue weighted by molar-refractivity contribution is 0.0114. The summed E-state index contributed by atoms with van der Waals surface area (Å²) in [7, 11) is 0. The third-order valence-corrected chi connectivity index (χ3v) is 4.89. The second-order valence-electron chi connectivity index (χ2n) is 10.2. The maximum atomic E-state index is 12.5. The maximum Gasteiger partial charge on any atom is 0.410 e. The zero-order chi connectivity index (χ0) is 22.0. The molecular formula is C22H37N3O4. The van der Waals surface area contributed by atoms with Crippen LogP contribution in [0.3, 0.4) is 0 Å². The molecule has 1 aliphatic heterocycles. The highest BCUT2D eigenvalue weighted by molar-refractivity contribution is 5.87. The van der Waals surface area contributed by atoms with Crippen molar-refractivity contribution in [2.75, 3.05) is 19.7 Å². The fourth-order valence-electron chi connectivity index (χ4n) is 3.32. The molecule has 0 spiro atoms. The number of aromatic nitrogens is 2. The van der Waals surface area contributed by atoms with E-state index in [1.54, 1.807) is 4.90 Å². The third-order valence-electron chi connectivity index (χ3n) is 4.89. The molecule has 2 rings (SSSR count). The Hall–Kier alpha value is -2.05. The predicted molar refractivity (Wildman–Crippen MR) is 112 cm³/mol.